The number of ether oxygens (including phenoxy) is 1. The average Bonchev–Trinajstić information content (AvgIpc) is 3.08. The molecule has 0 aliphatic rings. The Kier molecular flexibility index (Phi) is 6.88. The summed E-state index contributed by atoms with van der Waals surface area (Å²) in [6.07, 6.45) is 8.27. The molecule has 0 radical (unpaired) electrons. The summed E-state index contributed by atoms with van der Waals surface area (Å²) in [5.74, 6) is -0.400. The number of nitrogens with zero attached hydrogens (tertiary/aromatic N) is 2. The molecule has 2 aromatic rings. The fourth-order valence-electron chi connectivity index (χ4n) is 2.76. The van der Waals surface area contributed by atoms with Gasteiger partial charge in [-0.05, 0) is 24.1 Å². The molecule has 0 saturated carbocycles. The van der Waals surface area contributed by atoms with E-state index in [9.17, 15) is 14.9 Å². The maximum Gasteiger partial charge on any atom is 0.325 e. The molecule has 0 aliphatic heterocycles. The van der Waals surface area contributed by atoms with Crippen molar-refractivity contribution in [1.29, 1.82) is 0 Å². The first kappa shape index (κ1) is 19.9. The lowest BCUT2D eigenvalue weighted by molar-refractivity contribution is -0.384. The predicted molar refractivity (Wildman–Crippen MR) is 106 cm³/mol. The van der Waals surface area contributed by atoms with Gasteiger partial charge in [0.05, 0.1) is 12.0 Å². The lowest BCUT2D eigenvalue weighted by Gasteiger charge is -2.13. The maximum atomic E-state index is 12.0. The van der Waals surface area contributed by atoms with E-state index in [0.717, 1.165) is 17.7 Å². The van der Waals surface area contributed by atoms with E-state index < -0.39 is 10.9 Å². The molecule has 0 amide bonds. The summed E-state index contributed by atoms with van der Waals surface area (Å²) in [5.41, 5.74) is 3.10. The van der Waals surface area contributed by atoms with E-state index in [0.29, 0.717) is 11.3 Å². The monoisotopic (exact) mass is 366 g/mol. The second-order valence-electron chi connectivity index (χ2n) is 5.74. The number of benzene rings is 1. The summed E-state index contributed by atoms with van der Waals surface area (Å²) in [4.78, 5) is 22.6. The second kappa shape index (κ2) is 9.33. The van der Waals surface area contributed by atoms with Crippen LogP contribution in [0, 0.1) is 10.1 Å². The van der Waals surface area contributed by atoms with Crippen molar-refractivity contribution in [3.63, 3.8) is 0 Å². The number of carbonyl (C=O) groups excluding carboxylic acids is 1. The SMILES string of the molecule is C=C/C=C\C(=C/CC)c1ccc(-c2cccc([N+](=O)[O-])c2)n1CC(=O)OC. The molecule has 0 atom stereocenters. The van der Waals surface area contributed by atoms with Crippen molar-refractivity contribution >= 4 is 17.2 Å². The van der Waals surface area contributed by atoms with Crippen molar-refractivity contribution in [2.45, 2.75) is 19.9 Å². The molecule has 6 nitrogen and oxygen atoms in total. The number of allylic oxidation sites excluding steroid dienone is 5. The molecule has 0 saturated heterocycles. The van der Waals surface area contributed by atoms with Gasteiger partial charge in [0.1, 0.15) is 6.54 Å². The van der Waals surface area contributed by atoms with Crippen LogP contribution in [0.15, 0.2) is 67.3 Å². The first-order chi connectivity index (χ1) is 13.0. The van der Waals surface area contributed by atoms with Crippen LogP contribution in [0.4, 0.5) is 5.69 Å². The zero-order valence-electron chi connectivity index (χ0n) is 15.4. The van der Waals surface area contributed by atoms with Gasteiger partial charge < -0.3 is 9.30 Å². The summed E-state index contributed by atoms with van der Waals surface area (Å²) < 4.78 is 6.64. The van der Waals surface area contributed by atoms with Crippen molar-refractivity contribution in [3.8, 4) is 11.3 Å². The van der Waals surface area contributed by atoms with Crippen molar-refractivity contribution in [3.05, 3.63) is 83.1 Å². The molecule has 0 fully saturated rings. The van der Waals surface area contributed by atoms with Crippen molar-refractivity contribution < 1.29 is 14.5 Å². The van der Waals surface area contributed by atoms with Gasteiger partial charge in [-0.2, -0.15) is 0 Å². The third kappa shape index (κ3) is 4.82. The van der Waals surface area contributed by atoms with Gasteiger partial charge in [0.2, 0.25) is 0 Å². The Morgan fingerprint density at radius 2 is 2.11 bits per heavy atom. The van der Waals surface area contributed by atoms with Crippen LogP contribution in [0.5, 0.6) is 0 Å². The number of nitro benzene ring substituents is 1. The van der Waals surface area contributed by atoms with Gasteiger partial charge >= 0.3 is 5.97 Å². The Hall–Kier alpha value is -3.41. The number of methoxy groups -OCH3 is 1. The zero-order chi connectivity index (χ0) is 19.8. The molecule has 0 N–H and O–H groups in total. The van der Waals surface area contributed by atoms with E-state index in [1.165, 1.54) is 19.2 Å². The molecule has 0 aliphatic carbocycles. The van der Waals surface area contributed by atoms with Gasteiger partial charge in [0.15, 0.2) is 0 Å². The molecule has 0 spiro atoms. The summed E-state index contributed by atoms with van der Waals surface area (Å²) in [5, 5.41) is 11.1. The van der Waals surface area contributed by atoms with Gasteiger partial charge in [0, 0.05) is 29.1 Å². The maximum absolute atomic E-state index is 12.0. The molecule has 1 aromatic heterocycles. The lowest BCUT2D eigenvalue weighted by Crippen LogP contribution is -2.14. The highest BCUT2D eigenvalue weighted by atomic mass is 16.6. The predicted octanol–water partition coefficient (Wildman–Crippen LogP) is 4.77. The van der Waals surface area contributed by atoms with Gasteiger partial charge in [-0.3, -0.25) is 14.9 Å². The van der Waals surface area contributed by atoms with Crippen molar-refractivity contribution in [1.82, 2.24) is 4.57 Å². The van der Waals surface area contributed by atoms with Crippen LogP contribution in [0.2, 0.25) is 0 Å². The summed E-state index contributed by atoms with van der Waals surface area (Å²) >= 11 is 0. The topological polar surface area (TPSA) is 74.4 Å². The third-order valence-electron chi connectivity index (χ3n) is 3.98. The second-order valence-corrected chi connectivity index (χ2v) is 5.74. The molecule has 0 unspecified atom stereocenters. The van der Waals surface area contributed by atoms with Gasteiger partial charge in [-0.25, -0.2) is 0 Å². The number of hydrogen-bond donors (Lipinski definition) is 0. The Balaban J connectivity index is 2.63. The van der Waals surface area contributed by atoms with Crippen molar-refractivity contribution in [2.24, 2.45) is 0 Å². The summed E-state index contributed by atoms with van der Waals surface area (Å²) in [7, 11) is 1.33. The van der Waals surface area contributed by atoms with Gasteiger partial charge in [-0.15, -0.1) is 0 Å². The quantitative estimate of drug-likeness (QED) is 0.292. The van der Waals surface area contributed by atoms with Gasteiger partial charge in [0.25, 0.3) is 5.69 Å². The standard InChI is InChI=1S/C21H22N2O4/c1-4-6-9-16(8-5-2)19-12-13-20(22(19)15-21(24)27-3)17-10-7-11-18(14-17)23(25)26/h4,6-14H,1,5,15H2,2-3H3/b9-6-,16-8+. The Bertz CT molecular complexity index is 907. The minimum Gasteiger partial charge on any atom is -0.468 e. The van der Waals surface area contributed by atoms with Crippen LogP contribution in [-0.2, 0) is 16.1 Å². The molecule has 1 aromatic carbocycles. The van der Waals surface area contributed by atoms with E-state index in [-0.39, 0.29) is 12.2 Å². The van der Waals surface area contributed by atoms with E-state index >= 15 is 0 Å². The number of hydrogen-bond acceptors (Lipinski definition) is 4. The molecular formula is C21H22N2O4. The number of aromatic nitrogens is 1. The van der Waals surface area contributed by atoms with E-state index in [1.807, 2.05) is 37.3 Å². The Labute approximate surface area is 158 Å². The molecule has 140 valence electrons. The lowest BCUT2D eigenvalue weighted by atomic mass is 10.1. The fraction of sp³-hybridized carbons (Fsp3) is 0.190. The summed E-state index contributed by atoms with van der Waals surface area (Å²) in [6, 6.07) is 10.1. The Morgan fingerprint density at radius 3 is 2.74 bits per heavy atom. The van der Waals surface area contributed by atoms with Crippen LogP contribution in [0.3, 0.4) is 0 Å². The third-order valence-corrected chi connectivity index (χ3v) is 3.98. The zero-order valence-corrected chi connectivity index (χ0v) is 15.4. The number of nitro groups is 1. The highest BCUT2D eigenvalue weighted by molar-refractivity contribution is 5.79. The molecule has 0 bridgehead atoms. The van der Waals surface area contributed by atoms with E-state index in [1.54, 1.807) is 22.8 Å². The fourth-order valence-corrected chi connectivity index (χ4v) is 2.76. The van der Waals surface area contributed by atoms with Gasteiger partial charge in [-0.1, -0.05) is 49.9 Å². The van der Waals surface area contributed by atoms with Crippen molar-refractivity contribution in [2.75, 3.05) is 7.11 Å². The van der Waals surface area contributed by atoms with Crippen LogP contribution in [-0.4, -0.2) is 22.6 Å². The van der Waals surface area contributed by atoms with Crippen LogP contribution in [0.25, 0.3) is 16.8 Å². The molecule has 6 heteroatoms. The first-order valence-electron chi connectivity index (χ1n) is 8.52. The number of carbonyl (C=O) groups is 1. The average molecular weight is 366 g/mol. The normalized spacial score (nSPS) is 11.6. The van der Waals surface area contributed by atoms with E-state index in [4.69, 9.17) is 4.74 Å². The highest BCUT2D eigenvalue weighted by Crippen LogP contribution is 2.29. The van der Waals surface area contributed by atoms with E-state index in [2.05, 4.69) is 6.58 Å². The van der Waals surface area contributed by atoms with Crippen LogP contribution >= 0.6 is 0 Å². The number of esters is 1. The van der Waals surface area contributed by atoms with Crippen LogP contribution in [0.1, 0.15) is 19.0 Å². The smallest absolute Gasteiger partial charge is 0.325 e. The molecule has 1 heterocycles. The molecular weight excluding hydrogens is 344 g/mol. The molecule has 27 heavy (non-hydrogen) atoms. The largest absolute Gasteiger partial charge is 0.468 e. The minimum absolute atomic E-state index is 0.000157. The number of non-ortho nitro benzene ring substituents is 1. The highest BCUT2D eigenvalue weighted by Gasteiger charge is 2.17. The van der Waals surface area contributed by atoms with Crippen LogP contribution < -0.4 is 0 Å². The number of rotatable bonds is 8. The summed E-state index contributed by atoms with van der Waals surface area (Å²) in [6.45, 7) is 5.72. The first-order valence-corrected chi connectivity index (χ1v) is 8.52. The minimum atomic E-state index is -0.437. The Morgan fingerprint density at radius 1 is 1.33 bits per heavy atom. The molecule has 2 rings (SSSR count).